The second-order valence-corrected chi connectivity index (χ2v) is 31.1. The van der Waals surface area contributed by atoms with E-state index in [-0.39, 0.29) is 64.7 Å². The molecule has 33 heteroatoms. The van der Waals surface area contributed by atoms with Crippen LogP contribution in [0.15, 0.2) is 126 Å². The number of ether oxygens (including phenoxy) is 8. The molecule has 8 atom stereocenters. The molecule has 4 aromatic carbocycles. The lowest BCUT2D eigenvalue weighted by Crippen LogP contribution is -2.59. The molecule has 584 valence electrons. The predicted octanol–water partition coefficient (Wildman–Crippen LogP) is 10.4. The van der Waals surface area contributed by atoms with E-state index < -0.39 is 118 Å². The SMILES string of the molecule is CC(C)(C)OC(=O)N[C@H]1CCN(C(=O)OCc2ccccc2)C[C@@H]1O.CC(C)(C)OC(=O)N[C@H]1CCN(C(=O)OCc2ccccc2)C[C@@H]1OS(C)(=O)=O.CC(C)(C)OC(=O)N[C@H]1CCN(C(=O)OCc2ccccc2)C[C@H]1N.CC(C)(C)OC(=O)N[C@H]1CCN(C(=O)OCc2ccccc2)C[C@H]1N=[N+]=[N-]. The van der Waals surface area contributed by atoms with Crippen molar-refractivity contribution in [2.75, 3.05) is 58.6 Å². The van der Waals surface area contributed by atoms with Gasteiger partial charge in [0.2, 0.25) is 0 Å². The molecule has 4 heterocycles. The molecule has 4 aliphatic rings. The minimum absolute atomic E-state index is 0.0405. The fraction of sp³-hybridized carbons (Fsp3) is 0.562. The maximum absolute atomic E-state index is 12.4. The van der Waals surface area contributed by atoms with Crippen molar-refractivity contribution in [3.05, 3.63) is 154 Å². The highest BCUT2D eigenvalue weighted by Crippen LogP contribution is 2.23. The number of rotatable bonds is 15. The first-order valence-electron chi connectivity index (χ1n) is 34.9. The van der Waals surface area contributed by atoms with Gasteiger partial charge in [0, 0.05) is 56.3 Å². The van der Waals surface area contributed by atoms with Gasteiger partial charge < -0.3 is 89.6 Å². The number of nitrogens with zero attached hydrogens (tertiary/aromatic N) is 7. The van der Waals surface area contributed by atoms with Crippen LogP contribution < -0.4 is 27.0 Å². The standard InChI is InChI=1S/C19H28N2O7S.C18H25N5O4.C18H27N3O4.C18H26N2O5/c1-19(2,3)27-17(22)20-15-10-11-21(12-16(15)28-29(4,24)25)18(23)26-13-14-8-6-5-7-9-14;1-18(2,3)27-16(24)20-14-9-10-23(11-15(14)21-22-19)17(25)26-12-13-7-5-4-6-8-13;1-18(2,3)25-16(22)20-15-9-10-21(11-14(15)19)17(23)24-12-13-7-5-4-6-8-13;1-18(2,3)25-16(22)19-14-9-10-20(11-15(14)21)17(23)24-12-13-7-5-4-6-8-13/h5-9,15-16H,10-13H2,1-4H3,(H,20,22);4-8,14-15H,9-12H2,1-3H3,(H,20,24);4-8,14-15H,9-12,19H2,1-3H3,(H,20,22);4-8,14-15,21H,9-12H2,1-3H3,(H,19,22)/t15-,16-;2*14-,15+;14-,15-/m0010/s1. The third-order valence-corrected chi connectivity index (χ3v) is 16.1. The normalized spacial score (nSPS) is 20.3. The molecule has 0 aromatic heterocycles. The number of amides is 8. The van der Waals surface area contributed by atoms with Crippen molar-refractivity contribution in [1.82, 2.24) is 40.9 Å². The summed E-state index contributed by atoms with van der Waals surface area (Å²) >= 11 is 0. The van der Waals surface area contributed by atoms with Crippen LogP contribution >= 0.6 is 0 Å². The van der Waals surface area contributed by atoms with Crippen molar-refractivity contribution < 1.29 is 94.0 Å². The van der Waals surface area contributed by atoms with Gasteiger partial charge in [-0.1, -0.05) is 126 Å². The molecule has 7 N–H and O–H groups in total. The second kappa shape index (κ2) is 41.2. The number of aliphatic hydroxyl groups is 1. The highest BCUT2D eigenvalue weighted by atomic mass is 32.2. The summed E-state index contributed by atoms with van der Waals surface area (Å²) in [5.74, 6) is 0. The first-order valence-corrected chi connectivity index (χ1v) is 36.7. The molecule has 0 saturated carbocycles. The molecule has 4 saturated heterocycles. The van der Waals surface area contributed by atoms with Crippen LogP contribution in [0.2, 0.25) is 0 Å². The highest BCUT2D eigenvalue weighted by molar-refractivity contribution is 7.86. The fourth-order valence-corrected chi connectivity index (χ4v) is 11.3. The lowest BCUT2D eigenvalue weighted by molar-refractivity contribution is 0.0155. The maximum atomic E-state index is 12.4. The Kier molecular flexibility index (Phi) is 33.7. The van der Waals surface area contributed by atoms with Gasteiger partial charge in [-0.05, 0) is 137 Å². The Morgan fingerprint density at radius 1 is 0.453 bits per heavy atom. The Morgan fingerprint density at radius 2 is 0.736 bits per heavy atom. The van der Waals surface area contributed by atoms with Crippen molar-refractivity contribution in [3.8, 4) is 0 Å². The van der Waals surface area contributed by atoms with E-state index in [1.54, 1.807) is 88.0 Å². The molecular weight excluding hydrogens is 1400 g/mol. The van der Waals surface area contributed by atoms with Gasteiger partial charge in [-0.25, -0.2) is 38.4 Å². The number of alkyl carbamates (subject to hydrolysis) is 4. The van der Waals surface area contributed by atoms with Crippen LogP contribution in [-0.4, -0.2) is 211 Å². The molecule has 0 radical (unpaired) electrons. The summed E-state index contributed by atoms with van der Waals surface area (Å²) in [6.45, 7) is 24.0. The van der Waals surface area contributed by atoms with Crippen molar-refractivity contribution in [1.29, 1.82) is 0 Å². The average Bonchev–Trinajstić information content (AvgIpc) is 0.836. The number of piperidine rings is 4. The van der Waals surface area contributed by atoms with E-state index in [2.05, 4.69) is 31.3 Å². The smallest absolute Gasteiger partial charge is 0.410 e. The lowest BCUT2D eigenvalue weighted by Gasteiger charge is -2.37. The molecule has 0 spiro atoms. The van der Waals surface area contributed by atoms with E-state index in [0.717, 1.165) is 28.5 Å². The number of nitrogens with one attached hydrogen (secondary N) is 4. The summed E-state index contributed by atoms with van der Waals surface area (Å²) in [5.41, 5.74) is 16.0. The zero-order chi connectivity index (χ0) is 78.4. The molecule has 4 aliphatic heterocycles. The summed E-state index contributed by atoms with van der Waals surface area (Å²) in [6, 6.07) is 34.8. The van der Waals surface area contributed by atoms with E-state index >= 15 is 0 Å². The minimum atomic E-state index is -3.80. The molecule has 4 aromatic rings. The number of azide groups is 1. The average molecular weight is 1500 g/mol. The molecule has 106 heavy (non-hydrogen) atoms. The highest BCUT2D eigenvalue weighted by Gasteiger charge is 2.39. The topological polar surface area (TPSA) is 410 Å². The van der Waals surface area contributed by atoms with Gasteiger partial charge in [-0.2, -0.15) is 8.42 Å². The Bertz CT molecular complexity index is 3510. The molecule has 4 fully saturated rings. The molecular formula is C73H106N12O20S. The van der Waals surface area contributed by atoms with Gasteiger partial charge in [0.25, 0.3) is 10.1 Å². The summed E-state index contributed by atoms with van der Waals surface area (Å²) in [6.07, 6.45) is -3.43. The van der Waals surface area contributed by atoms with E-state index in [4.69, 9.17) is 53.3 Å². The fourth-order valence-electron chi connectivity index (χ4n) is 10.7. The number of benzene rings is 4. The molecule has 0 unspecified atom stereocenters. The number of hydrogen-bond donors (Lipinski definition) is 6. The van der Waals surface area contributed by atoms with Crippen LogP contribution in [0.25, 0.3) is 10.4 Å². The van der Waals surface area contributed by atoms with Crippen molar-refractivity contribution in [3.63, 3.8) is 0 Å². The lowest BCUT2D eigenvalue weighted by atomic mass is 10.0. The molecule has 32 nitrogen and oxygen atoms in total. The molecule has 0 bridgehead atoms. The third-order valence-electron chi connectivity index (χ3n) is 15.5. The summed E-state index contributed by atoms with van der Waals surface area (Å²) < 4.78 is 70.5. The van der Waals surface area contributed by atoms with E-state index in [0.29, 0.717) is 51.9 Å². The van der Waals surface area contributed by atoms with Crippen LogP contribution in [0.4, 0.5) is 38.4 Å². The summed E-state index contributed by atoms with van der Waals surface area (Å²) in [5, 5.41) is 24.7. The summed E-state index contributed by atoms with van der Waals surface area (Å²) in [7, 11) is -3.80. The van der Waals surface area contributed by atoms with Crippen LogP contribution in [0, 0.1) is 0 Å². The minimum Gasteiger partial charge on any atom is -0.445 e. The van der Waals surface area contributed by atoms with Gasteiger partial charge >= 0.3 is 48.7 Å². The predicted molar refractivity (Wildman–Crippen MR) is 391 cm³/mol. The van der Waals surface area contributed by atoms with Crippen molar-refractivity contribution >= 4 is 58.9 Å². The van der Waals surface area contributed by atoms with E-state index in [1.165, 1.54) is 14.7 Å². The van der Waals surface area contributed by atoms with Crippen LogP contribution in [0.5, 0.6) is 0 Å². The molecule has 8 amide bonds. The van der Waals surface area contributed by atoms with E-state index in [9.17, 15) is 51.9 Å². The Morgan fingerprint density at radius 3 is 1.06 bits per heavy atom. The number of likely N-dealkylation sites (tertiary alicyclic amines) is 4. The second-order valence-electron chi connectivity index (χ2n) is 29.5. The van der Waals surface area contributed by atoms with Gasteiger partial charge in [0.1, 0.15) is 54.9 Å². The van der Waals surface area contributed by atoms with Crippen LogP contribution in [0.3, 0.4) is 0 Å². The van der Waals surface area contributed by atoms with Crippen molar-refractivity contribution in [2.24, 2.45) is 10.8 Å². The molecule has 0 aliphatic carbocycles. The third kappa shape index (κ3) is 34.4. The van der Waals surface area contributed by atoms with Crippen LogP contribution in [0.1, 0.15) is 131 Å². The quantitative estimate of drug-likeness (QED) is 0.0212. The zero-order valence-electron chi connectivity index (χ0n) is 62.8. The Labute approximate surface area is 620 Å². The first-order chi connectivity index (χ1) is 49.7. The Hall–Kier alpha value is -9.82. The largest absolute Gasteiger partial charge is 0.445 e. The van der Waals surface area contributed by atoms with Gasteiger partial charge in [-0.15, -0.1) is 0 Å². The first kappa shape index (κ1) is 86.8. The number of aliphatic hydroxyl groups excluding tert-OH is 1. The van der Waals surface area contributed by atoms with Gasteiger partial charge in [0.05, 0.1) is 49.6 Å². The van der Waals surface area contributed by atoms with Crippen LogP contribution in [-0.2, 0) is 78.6 Å². The van der Waals surface area contributed by atoms with Crippen molar-refractivity contribution in [2.45, 2.75) is 206 Å². The maximum Gasteiger partial charge on any atom is 0.410 e. The number of β-amino-alcohol motifs (C(OH)–C–C–N with tert-alkyl or cyclic N) is 1. The molecule has 8 rings (SSSR count). The number of carbonyl (C=O) groups is 8. The van der Waals surface area contributed by atoms with E-state index in [1.807, 2.05) is 121 Å². The number of hydrogen-bond acceptors (Lipinski definition) is 22. The van der Waals surface area contributed by atoms with Gasteiger partial charge in [-0.3, -0.25) is 4.18 Å². The number of carbonyl (C=O) groups excluding carboxylic acids is 8. The Balaban J connectivity index is 0.000000254. The summed E-state index contributed by atoms with van der Waals surface area (Å²) in [4.78, 5) is 105. The zero-order valence-corrected chi connectivity index (χ0v) is 63.6. The number of nitrogens with two attached hydrogens (primary N) is 1. The van der Waals surface area contributed by atoms with Gasteiger partial charge in [0.15, 0.2) is 0 Å². The monoisotopic (exact) mass is 1500 g/mol.